The molecule has 0 atom stereocenters. The molecule has 1 aliphatic heterocycles. The molecule has 1 aliphatic rings. The van der Waals surface area contributed by atoms with Gasteiger partial charge in [0.05, 0.1) is 6.54 Å². The van der Waals surface area contributed by atoms with Crippen molar-refractivity contribution in [1.29, 1.82) is 0 Å². The molecule has 0 aliphatic carbocycles. The van der Waals surface area contributed by atoms with Crippen molar-refractivity contribution in [2.24, 2.45) is 0 Å². The number of nitrogens with zero attached hydrogens (tertiary/aromatic N) is 1. The molecule has 3 N–H and O–H groups in total. The van der Waals surface area contributed by atoms with E-state index in [-0.39, 0.29) is 42.8 Å². The van der Waals surface area contributed by atoms with Gasteiger partial charge in [0, 0.05) is 31.7 Å². The van der Waals surface area contributed by atoms with E-state index >= 15 is 0 Å². The Morgan fingerprint density at radius 3 is 2.16 bits per heavy atom. The van der Waals surface area contributed by atoms with Crippen LogP contribution in [0.25, 0.3) is 0 Å². The predicted octanol–water partition coefficient (Wildman–Crippen LogP) is 0.359. The van der Waals surface area contributed by atoms with Crippen molar-refractivity contribution in [3.8, 4) is 0 Å². The minimum atomic E-state index is -0.433. The number of rotatable bonds is 2. The zero-order valence-corrected chi connectivity index (χ0v) is 13.2. The van der Waals surface area contributed by atoms with Crippen LogP contribution in [0.4, 0.5) is 4.79 Å². The van der Waals surface area contributed by atoms with Crippen LogP contribution in [-0.2, 0) is 4.79 Å². The second kappa shape index (κ2) is 9.36. The fraction of sp³-hybridized carbons (Fsp3) is 0.818. The average Bonchev–Trinajstić information content (AvgIpc) is 2.15. The summed E-state index contributed by atoms with van der Waals surface area (Å²) in [6, 6.07) is -0.433. The van der Waals surface area contributed by atoms with Gasteiger partial charge >= 0.3 is 6.03 Å². The number of hydrogen-bond donors (Lipinski definition) is 3. The van der Waals surface area contributed by atoms with Gasteiger partial charge < -0.3 is 10.6 Å². The zero-order valence-electron chi connectivity index (χ0n) is 11.6. The molecule has 0 bridgehead atoms. The van der Waals surface area contributed by atoms with Crippen LogP contribution in [0.5, 0.6) is 0 Å². The van der Waals surface area contributed by atoms with Gasteiger partial charge in [0.1, 0.15) is 0 Å². The predicted molar refractivity (Wildman–Crippen MR) is 80.2 cm³/mol. The van der Waals surface area contributed by atoms with Gasteiger partial charge in [-0.05, 0) is 20.8 Å². The van der Waals surface area contributed by atoms with Crippen molar-refractivity contribution >= 4 is 36.8 Å². The summed E-state index contributed by atoms with van der Waals surface area (Å²) in [7, 11) is 0. The molecule has 0 aromatic rings. The first-order valence-electron chi connectivity index (χ1n) is 5.92. The van der Waals surface area contributed by atoms with E-state index < -0.39 is 6.03 Å². The van der Waals surface area contributed by atoms with Crippen molar-refractivity contribution < 1.29 is 9.59 Å². The summed E-state index contributed by atoms with van der Waals surface area (Å²) in [5.41, 5.74) is -0.334. The Morgan fingerprint density at radius 1 is 1.16 bits per heavy atom. The van der Waals surface area contributed by atoms with Crippen molar-refractivity contribution in [1.82, 2.24) is 20.9 Å². The van der Waals surface area contributed by atoms with Crippen LogP contribution in [-0.4, -0.2) is 55.1 Å². The zero-order chi connectivity index (χ0) is 12.9. The number of carbonyl (C=O) groups is 2. The number of nitrogens with one attached hydrogen (secondary N) is 3. The highest BCUT2D eigenvalue weighted by molar-refractivity contribution is 5.95. The molecule has 8 heteroatoms. The molecule has 0 saturated carbocycles. The van der Waals surface area contributed by atoms with Gasteiger partial charge in [0.25, 0.3) is 0 Å². The summed E-state index contributed by atoms with van der Waals surface area (Å²) >= 11 is 0. The maximum atomic E-state index is 11.6. The number of imide groups is 1. The third kappa shape index (κ3) is 9.95. The fourth-order valence-corrected chi connectivity index (χ4v) is 1.61. The Bertz CT molecular complexity index is 289. The highest BCUT2D eigenvalue weighted by Gasteiger charge is 2.18. The number of hydrogen-bond acceptors (Lipinski definition) is 4. The van der Waals surface area contributed by atoms with Crippen LogP contribution < -0.4 is 16.0 Å². The Hall–Kier alpha value is -0.560. The lowest BCUT2D eigenvalue weighted by Gasteiger charge is -2.26. The molecule has 114 valence electrons. The maximum Gasteiger partial charge on any atom is 0.321 e. The Balaban J connectivity index is 0. The Labute approximate surface area is 126 Å². The lowest BCUT2D eigenvalue weighted by Crippen LogP contribution is -2.52. The van der Waals surface area contributed by atoms with E-state index in [2.05, 4.69) is 16.0 Å². The van der Waals surface area contributed by atoms with Crippen LogP contribution in [0.2, 0.25) is 0 Å². The highest BCUT2D eigenvalue weighted by Crippen LogP contribution is 1.97. The first-order chi connectivity index (χ1) is 7.87. The number of halogens is 2. The third-order valence-electron chi connectivity index (χ3n) is 2.32. The summed E-state index contributed by atoms with van der Waals surface area (Å²) in [5.74, 6) is -0.256. The summed E-state index contributed by atoms with van der Waals surface area (Å²) in [4.78, 5) is 25.0. The number of urea groups is 1. The molecular formula is C11H24Cl2N4O2. The molecule has 0 spiro atoms. The molecule has 0 aromatic carbocycles. The molecule has 1 rings (SSSR count). The van der Waals surface area contributed by atoms with E-state index in [9.17, 15) is 9.59 Å². The van der Waals surface area contributed by atoms with E-state index in [1.54, 1.807) is 0 Å². The first-order valence-corrected chi connectivity index (χ1v) is 5.92. The summed E-state index contributed by atoms with van der Waals surface area (Å²) in [6.07, 6.45) is 0. The van der Waals surface area contributed by atoms with E-state index in [1.807, 2.05) is 25.7 Å². The van der Waals surface area contributed by atoms with E-state index in [0.717, 1.165) is 26.2 Å². The number of carbonyl (C=O) groups excluding carboxylic acids is 2. The molecule has 0 aromatic heterocycles. The Morgan fingerprint density at radius 2 is 1.68 bits per heavy atom. The topological polar surface area (TPSA) is 73.5 Å². The maximum absolute atomic E-state index is 11.6. The van der Waals surface area contributed by atoms with E-state index in [4.69, 9.17) is 0 Å². The van der Waals surface area contributed by atoms with Gasteiger partial charge in [0.2, 0.25) is 5.91 Å². The van der Waals surface area contributed by atoms with Gasteiger partial charge in [-0.2, -0.15) is 0 Å². The van der Waals surface area contributed by atoms with Gasteiger partial charge in [-0.15, -0.1) is 24.8 Å². The molecule has 1 heterocycles. The highest BCUT2D eigenvalue weighted by atomic mass is 35.5. The van der Waals surface area contributed by atoms with E-state index in [1.165, 1.54) is 0 Å². The minimum Gasteiger partial charge on any atom is -0.333 e. The molecule has 0 unspecified atom stereocenters. The number of amides is 3. The van der Waals surface area contributed by atoms with E-state index in [0.29, 0.717) is 0 Å². The quantitative estimate of drug-likeness (QED) is 0.688. The molecule has 1 saturated heterocycles. The SMILES string of the molecule is CC(C)(C)NC(=O)NC(=O)CN1CCNCC1.Cl.Cl. The van der Waals surface area contributed by atoms with Crippen LogP contribution >= 0.6 is 24.8 Å². The van der Waals surface area contributed by atoms with Crippen molar-refractivity contribution in [2.75, 3.05) is 32.7 Å². The molecule has 3 amide bonds. The van der Waals surface area contributed by atoms with Gasteiger partial charge in [-0.1, -0.05) is 0 Å². The van der Waals surface area contributed by atoms with Crippen LogP contribution in [0.15, 0.2) is 0 Å². The average molecular weight is 315 g/mol. The smallest absolute Gasteiger partial charge is 0.321 e. The van der Waals surface area contributed by atoms with Gasteiger partial charge in [-0.25, -0.2) is 4.79 Å². The normalized spacial score (nSPS) is 15.7. The molecule has 1 fully saturated rings. The van der Waals surface area contributed by atoms with Crippen LogP contribution in [0, 0.1) is 0 Å². The third-order valence-corrected chi connectivity index (χ3v) is 2.32. The first kappa shape index (κ1) is 20.8. The Kier molecular flexibility index (Phi) is 10.2. The van der Waals surface area contributed by atoms with Gasteiger partial charge in [0.15, 0.2) is 0 Å². The standard InChI is InChI=1S/C11H22N4O2.2ClH/c1-11(2,3)14-10(17)13-9(16)8-15-6-4-12-5-7-15;;/h12H,4-8H2,1-3H3,(H2,13,14,16,17);2*1H. The largest absolute Gasteiger partial charge is 0.333 e. The second-order valence-electron chi connectivity index (χ2n) is 5.28. The van der Waals surface area contributed by atoms with Crippen LogP contribution in [0.1, 0.15) is 20.8 Å². The second-order valence-corrected chi connectivity index (χ2v) is 5.28. The van der Waals surface area contributed by atoms with Crippen molar-refractivity contribution in [2.45, 2.75) is 26.3 Å². The number of piperazine rings is 1. The fourth-order valence-electron chi connectivity index (χ4n) is 1.61. The summed E-state index contributed by atoms with van der Waals surface area (Å²) < 4.78 is 0. The lowest BCUT2D eigenvalue weighted by molar-refractivity contribution is -0.121. The monoisotopic (exact) mass is 314 g/mol. The molecule has 0 radical (unpaired) electrons. The lowest BCUT2D eigenvalue weighted by atomic mass is 10.1. The van der Waals surface area contributed by atoms with Gasteiger partial charge in [-0.3, -0.25) is 15.0 Å². The molecule has 6 nitrogen and oxygen atoms in total. The van der Waals surface area contributed by atoms with Crippen molar-refractivity contribution in [3.05, 3.63) is 0 Å². The summed E-state index contributed by atoms with van der Waals surface area (Å²) in [5, 5.41) is 8.23. The summed E-state index contributed by atoms with van der Waals surface area (Å²) in [6.45, 7) is 9.35. The molecular weight excluding hydrogens is 291 g/mol. The molecule has 19 heavy (non-hydrogen) atoms. The minimum absolute atomic E-state index is 0. The van der Waals surface area contributed by atoms with Crippen LogP contribution in [0.3, 0.4) is 0 Å². The van der Waals surface area contributed by atoms with Crippen molar-refractivity contribution in [3.63, 3.8) is 0 Å².